The molecule has 2 unspecified atom stereocenters. The first-order chi connectivity index (χ1) is 8.23. The quantitative estimate of drug-likeness (QED) is 0.432. The van der Waals surface area contributed by atoms with E-state index in [0.29, 0.717) is 24.5 Å². The lowest BCUT2D eigenvalue weighted by atomic mass is 10.2. The van der Waals surface area contributed by atoms with Crippen LogP contribution in [-0.4, -0.2) is 61.7 Å². The van der Waals surface area contributed by atoms with Gasteiger partial charge in [-0.1, -0.05) is 0 Å². The Morgan fingerprint density at radius 1 is 0.833 bits per heavy atom. The van der Waals surface area contributed by atoms with Crippen molar-refractivity contribution in [1.82, 2.24) is 9.80 Å². The number of hydrogen-bond donors (Lipinski definition) is 2. The number of hydrogen-bond acceptors (Lipinski definition) is 4. The topological polar surface area (TPSA) is 78.9 Å². The summed E-state index contributed by atoms with van der Waals surface area (Å²) in [5.74, 6) is 1.10. The van der Waals surface area contributed by atoms with E-state index in [1.807, 2.05) is 42.0 Å². The number of rotatable bonds is 6. The number of nitrogens with zero attached hydrogens (tertiary/aromatic N) is 4. The normalized spacial score (nSPS) is 14.3. The fourth-order valence-corrected chi connectivity index (χ4v) is 1.23. The Kier molecular flexibility index (Phi) is 7.16. The molecule has 0 saturated heterocycles. The van der Waals surface area contributed by atoms with Gasteiger partial charge in [0.05, 0.1) is 23.8 Å². The summed E-state index contributed by atoms with van der Waals surface area (Å²) in [6.07, 6.45) is 1.18. The second kappa shape index (κ2) is 7.79. The van der Waals surface area contributed by atoms with Crippen molar-refractivity contribution in [3.05, 3.63) is 0 Å². The van der Waals surface area contributed by atoms with Gasteiger partial charge in [-0.05, 0) is 13.8 Å². The molecule has 0 amide bonds. The Labute approximate surface area is 110 Å². The van der Waals surface area contributed by atoms with E-state index in [-0.39, 0.29) is 12.1 Å². The Bertz CT molecular complexity index is 278. The van der Waals surface area contributed by atoms with Crippen molar-refractivity contribution in [2.45, 2.75) is 38.8 Å². The van der Waals surface area contributed by atoms with Gasteiger partial charge in [-0.2, -0.15) is 10.2 Å². The van der Waals surface area contributed by atoms with Gasteiger partial charge in [-0.15, -0.1) is 0 Å². The zero-order valence-corrected chi connectivity index (χ0v) is 12.4. The van der Waals surface area contributed by atoms with Gasteiger partial charge in [0, 0.05) is 41.0 Å². The van der Waals surface area contributed by atoms with Crippen LogP contribution in [0.5, 0.6) is 0 Å². The lowest BCUT2D eigenvalue weighted by molar-refractivity contribution is 0.553. The minimum absolute atomic E-state index is 0.0101. The fourth-order valence-electron chi connectivity index (χ4n) is 1.23. The molecule has 0 heterocycles. The fraction of sp³-hybridized carbons (Fsp3) is 0.833. The minimum Gasteiger partial charge on any atom is -0.367 e. The van der Waals surface area contributed by atoms with Crippen LogP contribution in [0.2, 0.25) is 0 Å². The van der Waals surface area contributed by atoms with E-state index in [4.69, 9.17) is 10.8 Å². The number of nitrogens with one attached hydrogen (secondary N) is 2. The summed E-state index contributed by atoms with van der Waals surface area (Å²) in [6, 6.07) is 0.0202. The van der Waals surface area contributed by atoms with E-state index in [0.717, 1.165) is 0 Å². The summed E-state index contributed by atoms with van der Waals surface area (Å²) in [6.45, 7) is 3.90. The van der Waals surface area contributed by atoms with Crippen LogP contribution in [0.3, 0.4) is 0 Å². The minimum atomic E-state index is 0.0101. The molecule has 104 valence electrons. The van der Waals surface area contributed by atoms with Crippen molar-refractivity contribution in [2.75, 3.05) is 28.2 Å². The molecule has 0 aliphatic heterocycles. The van der Waals surface area contributed by atoms with Crippen LogP contribution in [0.15, 0.2) is 10.2 Å². The van der Waals surface area contributed by atoms with E-state index < -0.39 is 0 Å². The first-order valence-electron chi connectivity index (χ1n) is 6.13. The van der Waals surface area contributed by atoms with Gasteiger partial charge in [0.1, 0.15) is 0 Å². The third-order valence-corrected chi connectivity index (χ3v) is 2.52. The molecule has 0 aliphatic rings. The first-order valence-corrected chi connectivity index (χ1v) is 6.13. The largest absolute Gasteiger partial charge is 0.367 e. The molecular weight excluding hydrogens is 228 g/mol. The van der Waals surface area contributed by atoms with E-state index in [2.05, 4.69) is 10.2 Å². The maximum absolute atomic E-state index is 7.71. The van der Waals surface area contributed by atoms with Crippen LogP contribution in [0, 0.1) is 10.8 Å². The predicted molar refractivity (Wildman–Crippen MR) is 75.8 cm³/mol. The Hall–Kier alpha value is -1.46. The molecule has 6 heteroatoms. The second-order valence-electron chi connectivity index (χ2n) is 5.02. The smallest absolute Gasteiger partial charge is 0.0974 e. The Balaban J connectivity index is 4.14. The Morgan fingerprint density at radius 3 is 1.33 bits per heavy atom. The Morgan fingerprint density at radius 2 is 1.11 bits per heavy atom. The summed E-state index contributed by atoms with van der Waals surface area (Å²) in [4.78, 5) is 3.55. The summed E-state index contributed by atoms with van der Waals surface area (Å²) < 4.78 is 0. The van der Waals surface area contributed by atoms with Gasteiger partial charge in [-0.3, -0.25) is 10.8 Å². The van der Waals surface area contributed by atoms with E-state index in [1.54, 1.807) is 9.80 Å². The molecule has 0 radical (unpaired) electrons. The van der Waals surface area contributed by atoms with E-state index >= 15 is 0 Å². The molecule has 6 nitrogen and oxygen atoms in total. The average Bonchev–Trinajstić information content (AvgIpc) is 2.25. The molecule has 18 heavy (non-hydrogen) atoms. The van der Waals surface area contributed by atoms with Crippen LogP contribution in [0.1, 0.15) is 26.7 Å². The van der Waals surface area contributed by atoms with E-state index in [1.165, 1.54) is 0 Å². The predicted octanol–water partition coefficient (Wildman–Crippen LogP) is 2.07. The van der Waals surface area contributed by atoms with Gasteiger partial charge in [-0.25, -0.2) is 0 Å². The summed E-state index contributed by atoms with van der Waals surface area (Å²) >= 11 is 0. The van der Waals surface area contributed by atoms with Gasteiger partial charge in [0.2, 0.25) is 0 Å². The van der Waals surface area contributed by atoms with Crippen molar-refractivity contribution in [3.8, 4) is 0 Å². The summed E-state index contributed by atoms with van der Waals surface area (Å²) in [5, 5.41) is 23.8. The maximum Gasteiger partial charge on any atom is 0.0974 e. The standard InChI is InChI=1S/C12H26N6/c1-9(7-11(13)17(3)4)15-16-10(2)8-12(14)18(5)6/h9-10,13-14H,7-8H2,1-6H3. The van der Waals surface area contributed by atoms with Crippen LogP contribution >= 0.6 is 0 Å². The summed E-state index contributed by atoms with van der Waals surface area (Å²) in [7, 11) is 7.42. The number of amidine groups is 2. The molecule has 0 bridgehead atoms. The van der Waals surface area contributed by atoms with Crippen LogP contribution in [-0.2, 0) is 0 Å². The second-order valence-corrected chi connectivity index (χ2v) is 5.02. The number of azo groups is 1. The van der Waals surface area contributed by atoms with Gasteiger partial charge in [0.25, 0.3) is 0 Å². The lowest BCUT2D eigenvalue weighted by Gasteiger charge is -2.16. The third-order valence-electron chi connectivity index (χ3n) is 2.52. The average molecular weight is 254 g/mol. The monoisotopic (exact) mass is 254 g/mol. The highest BCUT2D eigenvalue weighted by Gasteiger charge is 2.09. The SMILES string of the molecule is CC(CC(=N)N(C)C)N=NC(C)CC(=N)N(C)C. The molecule has 0 aromatic carbocycles. The molecular formula is C12H26N6. The molecule has 0 rings (SSSR count). The van der Waals surface area contributed by atoms with Crippen LogP contribution in [0.4, 0.5) is 0 Å². The summed E-state index contributed by atoms with van der Waals surface area (Å²) in [5.41, 5.74) is 0. The highest BCUT2D eigenvalue weighted by atomic mass is 15.2. The highest BCUT2D eigenvalue weighted by molar-refractivity contribution is 5.79. The lowest BCUT2D eigenvalue weighted by Crippen LogP contribution is -2.25. The zero-order valence-electron chi connectivity index (χ0n) is 12.4. The van der Waals surface area contributed by atoms with Gasteiger partial charge >= 0.3 is 0 Å². The van der Waals surface area contributed by atoms with Crippen LogP contribution < -0.4 is 0 Å². The van der Waals surface area contributed by atoms with Gasteiger partial charge in [0.15, 0.2) is 0 Å². The zero-order chi connectivity index (χ0) is 14.3. The molecule has 0 fully saturated rings. The van der Waals surface area contributed by atoms with Crippen molar-refractivity contribution < 1.29 is 0 Å². The van der Waals surface area contributed by atoms with Crippen molar-refractivity contribution >= 4 is 11.7 Å². The van der Waals surface area contributed by atoms with Gasteiger partial charge < -0.3 is 9.80 Å². The maximum atomic E-state index is 7.71. The molecule has 2 N–H and O–H groups in total. The van der Waals surface area contributed by atoms with Crippen molar-refractivity contribution in [2.24, 2.45) is 10.2 Å². The molecule has 0 aromatic rings. The molecule has 2 atom stereocenters. The third kappa shape index (κ3) is 6.98. The molecule has 0 aromatic heterocycles. The van der Waals surface area contributed by atoms with Crippen LogP contribution in [0.25, 0.3) is 0 Å². The van der Waals surface area contributed by atoms with E-state index in [9.17, 15) is 0 Å². The van der Waals surface area contributed by atoms with Crippen molar-refractivity contribution in [3.63, 3.8) is 0 Å². The molecule has 0 saturated carbocycles. The van der Waals surface area contributed by atoms with Crippen molar-refractivity contribution in [1.29, 1.82) is 10.8 Å². The molecule has 0 spiro atoms. The highest BCUT2D eigenvalue weighted by Crippen LogP contribution is 2.05. The first kappa shape index (κ1) is 16.5. The molecule has 0 aliphatic carbocycles.